The quantitative estimate of drug-likeness (QED) is 0.889. The van der Waals surface area contributed by atoms with Crippen LogP contribution in [0.4, 0.5) is 4.39 Å². The first-order chi connectivity index (χ1) is 8.66. The molecule has 3 heteroatoms. The molecule has 0 saturated carbocycles. The number of hydrogen-bond acceptors (Lipinski definition) is 2. The largest absolute Gasteiger partial charge is 0.392 e. The Morgan fingerprint density at radius 1 is 1.33 bits per heavy atom. The van der Waals surface area contributed by atoms with E-state index >= 15 is 0 Å². The number of rotatable bonds is 4. The summed E-state index contributed by atoms with van der Waals surface area (Å²) in [5.41, 5.74) is 1.16. The summed E-state index contributed by atoms with van der Waals surface area (Å²) in [7, 11) is 0. The number of piperidine rings is 1. The first-order valence-corrected chi connectivity index (χ1v) is 6.83. The molecule has 1 N–H and O–H groups in total. The van der Waals surface area contributed by atoms with Crippen molar-refractivity contribution in [2.24, 2.45) is 0 Å². The van der Waals surface area contributed by atoms with Crippen molar-refractivity contribution in [3.63, 3.8) is 0 Å². The zero-order chi connectivity index (χ0) is 13.0. The number of benzene rings is 1. The van der Waals surface area contributed by atoms with E-state index in [9.17, 15) is 9.50 Å². The minimum atomic E-state index is -0.265. The number of nitrogens with zero attached hydrogens (tertiary/aromatic N) is 1. The maximum atomic E-state index is 12.8. The van der Waals surface area contributed by atoms with Gasteiger partial charge in [0, 0.05) is 12.6 Å². The fourth-order valence-corrected chi connectivity index (χ4v) is 2.76. The van der Waals surface area contributed by atoms with Crippen LogP contribution >= 0.6 is 0 Å². The molecule has 2 rings (SSSR count). The highest BCUT2D eigenvalue weighted by Crippen LogP contribution is 2.20. The van der Waals surface area contributed by atoms with Gasteiger partial charge in [0.1, 0.15) is 5.82 Å². The molecule has 1 heterocycles. The molecule has 1 aliphatic rings. The Balaban J connectivity index is 1.89. The van der Waals surface area contributed by atoms with Crippen LogP contribution < -0.4 is 0 Å². The van der Waals surface area contributed by atoms with Crippen LogP contribution in [0.2, 0.25) is 0 Å². The Morgan fingerprint density at radius 3 is 2.72 bits per heavy atom. The Hall–Kier alpha value is -0.930. The van der Waals surface area contributed by atoms with E-state index in [1.807, 2.05) is 19.1 Å². The molecule has 0 spiro atoms. The van der Waals surface area contributed by atoms with Gasteiger partial charge in [-0.05, 0) is 50.4 Å². The molecule has 1 saturated heterocycles. The molecule has 2 nitrogen and oxygen atoms in total. The van der Waals surface area contributed by atoms with Crippen molar-refractivity contribution in [1.29, 1.82) is 0 Å². The molecule has 1 aromatic rings. The second-order valence-electron chi connectivity index (χ2n) is 5.22. The lowest BCUT2D eigenvalue weighted by Crippen LogP contribution is -2.46. The van der Waals surface area contributed by atoms with E-state index in [1.165, 1.54) is 25.0 Å². The minimum Gasteiger partial charge on any atom is -0.392 e. The number of likely N-dealkylation sites (tertiary alicyclic amines) is 1. The predicted molar refractivity (Wildman–Crippen MR) is 71.0 cm³/mol. The van der Waals surface area contributed by atoms with Gasteiger partial charge < -0.3 is 5.11 Å². The Morgan fingerprint density at radius 2 is 2.06 bits per heavy atom. The maximum absolute atomic E-state index is 12.8. The van der Waals surface area contributed by atoms with Gasteiger partial charge in [0.15, 0.2) is 0 Å². The fourth-order valence-electron chi connectivity index (χ4n) is 2.76. The van der Waals surface area contributed by atoms with Crippen LogP contribution in [0.15, 0.2) is 24.3 Å². The van der Waals surface area contributed by atoms with Crippen molar-refractivity contribution in [3.8, 4) is 0 Å². The average molecular weight is 251 g/mol. The molecule has 1 aromatic carbocycles. The lowest BCUT2D eigenvalue weighted by molar-refractivity contribution is 0.0372. The van der Waals surface area contributed by atoms with E-state index in [-0.39, 0.29) is 11.9 Å². The smallest absolute Gasteiger partial charge is 0.123 e. The van der Waals surface area contributed by atoms with Gasteiger partial charge >= 0.3 is 0 Å². The molecule has 0 aromatic heterocycles. The molecule has 18 heavy (non-hydrogen) atoms. The van der Waals surface area contributed by atoms with Crippen molar-refractivity contribution in [1.82, 2.24) is 4.90 Å². The van der Waals surface area contributed by atoms with Crippen molar-refractivity contribution in [2.45, 2.75) is 44.8 Å². The molecule has 100 valence electrons. The van der Waals surface area contributed by atoms with Gasteiger partial charge in [0.05, 0.1) is 6.10 Å². The van der Waals surface area contributed by atoms with Crippen molar-refractivity contribution < 1.29 is 9.50 Å². The van der Waals surface area contributed by atoms with Crippen LogP contribution in [-0.4, -0.2) is 35.2 Å². The summed E-state index contributed by atoms with van der Waals surface area (Å²) in [4.78, 5) is 2.37. The predicted octanol–water partition coefficient (Wildman–Crippen LogP) is 2.60. The van der Waals surface area contributed by atoms with E-state index in [4.69, 9.17) is 0 Å². The molecule has 2 unspecified atom stereocenters. The SMILES string of the molecule is CC(O)C1CCCCN1CCc1ccc(F)cc1. The number of hydrogen-bond donors (Lipinski definition) is 1. The molecule has 0 aliphatic carbocycles. The highest BCUT2D eigenvalue weighted by Gasteiger charge is 2.25. The summed E-state index contributed by atoms with van der Waals surface area (Å²) in [6, 6.07) is 7.00. The Labute approximate surface area is 108 Å². The number of aliphatic hydroxyl groups is 1. The normalized spacial score (nSPS) is 22.9. The fraction of sp³-hybridized carbons (Fsp3) is 0.600. The third-order valence-corrected chi connectivity index (χ3v) is 3.82. The molecule has 0 amide bonds. The van der Waals surface area contributed by atoms with Crippen LogP contribution in [-0.2, 0) is 6.42 Å². The number of aliphatic hydroxyl groups excluding tert-OH is 1. The summed E-state index contributed by atoms with van der Waals surface area (Å²) >= 11 is 0. The number of halogens is 1. The first kappa shape index (κ1) is 13.5. The molecular weight excluding hydrogens is 229 g/mol. The zero-order valence-corrected chi connectivity index (χ0v) is 11.0. The summed E-state index contributed by atoms with van der Waals surface area (Å²) in [6.45, 7) is 3.89. The zero-order valence-electron chi connectivity index (χ0n) is 11.0. The first-order valence-electron chi connectivity index (χ1n) is 6.83. The summed E-state index contributed by atoms with van der Waals surface area (Å²) in [5.74, 6) is -0.182. The topological polar surface area (TPSA) is 23.5 Å². The van der Waals surface area contributed by atoms with Gasteiger partial charge in [-0.2, -0.15) is 0 Å². The van der Waals surface area contributed by atoms with E-state index in [0.717, 1.165) is 31.5 Å². The molecular formula is C15H22FNO. The standard InChI is InChI=1S/C15H22FNO/c1-12(18)15-4-2-3-10-17(15)11-9-13-5-7-14(16)8-6-13/h5-8,12,15,18H,2-4,9-11H2,1H3. The van der Waals surface area contributed by atoms with Crippen LogP contribution in [0.5, 0.6) is 0 Å². The lowest BCUT2D eigenvalue weighted by atomic mass is 9.97. The van der Waals surface area contributed by atoms with Crippen LogP contribution in [0.25, 0.3) is 0 Å². The molecule has 0 bridgehead atoms. The Bertz CT molecular complexity index is 363. The molecule has 2 atom stereocenters. The monoisotopic (exact) mass is 251 g/mol. The van der Waals surface area contributed by atoms with Gasteiger partial charge in [0.25, 0.3) is 0 Å². The van der Waals surface area contributed by atoms with E-state index in [1.54, 1.807) is 0 Å². The van der Waals surface area contributed by atoms with Gasteiger partial charge in [-0.3, -0.25) is 4.90 Å². The molecule has 1 aliphatic heterocycles. The average Bonchev–Trinajstić information content (AvgIpc) is 2.38. The van der Waals surface area contributed by atoms with Crippen molar-refractivity contribution in [3.05, 3.63) is 35.6 Å². The van der Waals surface area contributed by atoms with Crippen LogP contribution in [0, 0.1) is 5.82 Å². The van der Waals surface area contributed by atoms with Gasteiger partial charge in [-0.1, -0.05) is 18.6 Å². The van der Waals surface area contributed by atoms with Gasteiger partial charge in [-0.25, -0.2) is 4.39 Å². The highest BCUT2D eigenvalue weighted by molar-refractivity contribution is 5.16. The van der Waals surface area contributed by atoms with Crippen molar-refractivity contribution >= 4 is 0 Å². The highest BCUT2D eigenvalue weighted by atomic mass is 19.1. The summed E-state index contributed by atoms with van der Waals surface area (Å²) < 4.78 is 12.8. The van der Waals surface area contributed by atoms with Crippen LogP contribution in [0.3, 0.4) is 0 Å². The van der Waals surface area contributed by atoms with E-state index in [0.29, 0.717) is 6.04 Å². The summed E-state index contributed by atoms with van der Waals surface area (Å²) in [6.07, 6.45) is 4.17. The maximum Gasteiger partial charge on any atom is 0.123 e. The summed E-state index contributed by atoms with van der Waals surface area (Å²) in [5, 5.41) is 9.79. The van der Waals surface area contributed by atoms with E-state index in [2.05, 4.69) is 4.90 Å². The van der Waals surface area contributed by atoms with E-state index < -0.39 is 0 Å². The van der Waals surface area contributed by atoms with Crippen LogP contribution in [0.1, 0.15) is 31.7 Å². The molecule has 1 fully saturated rings. The Kier molecular flexibility index (Phi) is 4.72. The van der Waals surface area contributed by atoms with Crippen molar-refractivity contribution in [2.75, 3.05) is 13.1 Å². The van der Waals surface area contributed by atoms with Gasteiger partial charge in [-0.15, -0.1) is 0 Å². The third kappa shape index (κ3) is 3.53. The lowest BCUT2D eigenvalue weighted by Gasteiger charge is -2.37. The second kappa shape index (κ2) is 6.30. The molecule has 0 radical (unpaired) electrons. The third-order valence-electron chi connectivity index (χ3n) is 3.82. The second-order valence-corrected chi connectivity index (χ2v) is 5.22. The minimum absolute atomic E-state index is 0.182. The van der Waals surface area contributed by atoms with Gasteiger partial charge in [0.2, 0.25) is 0 Å².